The molecule has 1 spiro atoms. The van der Waals surface area contributed by atoms with Gasteiger partial charge in [-0.25, -0.2) is 0 Å². The molecular weight excluding hydrogens is 232 g/mol. The SMILES string of the molecule is CCC(N=O)C1(C)OC2(CCN(C)CC2)CC1=O. The lowest BCUT2D eigenvalue weighted by molar-refractivity contribution is -0.147. The van der Waals surface area contributed by atoms with Gasteiger partial charge in [0.2, 0.25) is 0 Å². The predicted molar refractivity (Wildman–Crippen MR) is 68.5 cm³/mol. The fourth-order valence-corrected chi connectivity index (χ4v) is 3.13. The third-order valence-electron chi connectivity index (χ3n) is 4.51. The first kappa shape index (κ1) is 13.6. The molecule has 0 aromatic carbocycles. The Kier molecular flexibility index (Phi) is 3.56. The van der Waals surface area contributed by atoms with Crippen LogP contribution in [-0.2, 0) is 9.53 Å². The highest BCUT2D eigenvalue weighted by atomic mass is 16.5. The Bertz CT molecular complexity index is 350. The van der Waals surface area contributed by atoms with Crippen LogP contribution in [-0.4, -0.2) is 48.1 Å². The molecule has 0 amide bonds. The van der Waals surface area contributed by atoms with Gasteiger partial charge in [-0.15, -0.1) is 0 Å². The Balaban J connectivity index is 2.17. The molecule has 102 valence electrons. The number of rotatable bonds is 3. The Hall–Kier alpha value is -0.810. The Morgan fingerprint density at radius 2 is 2.06 bits per heavy atom. The quantitative estimate of drug-likeness (QED) is 0.720. The molecule has 2 aliphatic rings. The zero-order valence-corrected chi connectivity index (χ0v) is 11.4. The fourth-order valence-electron chi connectivity index (χ4n) is 3.13. The number of carbonyl (C=O) groups is 1. The van der Waals surface area contributed by atoms with Crippen LogP contribution in [0, 0.1) is 4.91 Å². The second kappa shape index (κ2) is 4.70. The highest BCUT2D eigenvalue weighted by Gasteiger charge is 2.57. The number of hydrogen-bond acceptors (Lipinski definition) is 5. The van der Waals surface area contributed by atoms with E-state index in [1.54, 1.807) is 6.92 Å². The van der Waals surface area contributed by atoms with Crippen LogP contribution in [0.5, 0.6) is 0 Å². The first-order valence-electron chi connectivity index (χ1n) is 6.70. The second-order valence-electron chi connectivity index (χ2n) is 5.82. The molecule has 0 aromatic rings. The minimum Gasteiger partial charge on any atom is -0.358 e. The molecule has 2 rings (SSSR count). The summed E-state index contributed by atoms with van der Waals surface area (Å²) in [6, 6.07) is -0.566. The van der Waals surface area contributed by atoms with Gasteiger partial charge in [-0.3, -0.25) is 4.79 Å². The Labute approximate surface area is 108 Å². The van der Waals surface area contributed by atoms with E-state index in [1.165, 1.54) is 0 Å². The summed E-state index contributed by atoms with van der Waals surface area (Å²) in [5, 5.41) is 3.10. The molecule has 2 fully saturated rings. The molecular formula is C13H22N2O3. The summed E-state index contributed by atoms with van der Waals surface area (Å²) in [5.74, 6) is 0.0403. The van der Waals surface area contributed by atoms with Gasteiger partial charge in [0.05, 0.1) is 5.60 Å². The maximum absolute atomic E-state index is 12.3. The highest BCUT2D eigenvalue weighted by Crippen LogP contribution is 2.44. The van der Waals surface area contributed by atoms with Crippen molar-refractivity contribution in [3.63, 3.8) is 0 Å². The van der Waals surface area contributed by atoms with Gasteiger partial charge in [-0.2, -0.15) is 4.91 Å². The van der Waals surface area contributed by atoms with Crippen LogP contribution < -0.4 is 0 Å². The van der Waals surface area contributed by atoms with E-state index in [0.717, 1.165) is 25.9 Å². The Morgan fingerprint density at radius 1 is 1.44 bits per heavy atom. The van der Waals surface area contributed by atoms with Crippen LogP contribution in [0.25, 0.3) is 0 Å². The standard InChI is InChI=1S/C13H22N2O3/c1-4-10(14-17)12(2)11(16)9-13(18-12)5-7-15(3)8-6-13/h10H,4-9H2,1-3H3. The maximum Gasteiger partial charge on any atom is 0.169 e. The number of piperidine rings is 1. The summed E-state index contributed by atoms with van der Waals surface area (Å²) in [7, 11) is 2.07. The first-order valence-corrected chi connectivity index (χ1v) is 6.70. The van der Waals surface area contributed by atoms with Gasteiger partial charge >= 0.3 is 0 Å². The van der Waals surface area contributed by atoms with Crippen LogP contribution in [0.4, 0.5) is 0 Å². The van der Waals surface area contributed by atoms with Gasteiger partial charge in [0, 0.05) is 19.5 Å². The largest absolute Gasteiger partial charge is 0.358 e. The molecule has 0 bridgehead atoms. The molecule has 5 nitrogen and oxygen atoms in total. The number of ether oxygens (including phenoxy) is 1. The molecule has 0 aromatic heterocycles. The maximum atomic E-state index is 12.3. The average Bonchev–Trinajstić information content (AvgIpc) is 2.58. The van der Waals surface area contributed by atoms with Crippen molar-refractivity contribution in [1.82, 2.24) is 4.90 Å². The van der Waals surface area contributed by atoms with E-state index in [0.29, 0.717) is 12.8 Å². The molecule has 0 N–H and O–H groups in total. The van der Waals surface area contributed by atoms with Crippen LogP contribution in [0.15, 0.2) is 5.18 Å². The summed E-state index contributed by atoms with van der Waals surface area (Å²) < 4.78 is 6.11. The average molecular weight is 254 g/mol. The van der Waals surface area contributed by atoms with Crippen molar-refractivity contribution in [2.24, 2.45) is 5.18 Å². The molecule has 2 saturated heterocycles. The number of nitrogens with zero attached hydrogens (tertiary/aromatic N) is 2. The number of likely N-dealkylation sites (tertiary alicyclic amines) is 1. The van der Waals surface area contributed by atoms with Crippen molar-refractivity contribution >= 4 is 5.78 Å². The molecule has 2 atom stereocenters. The zero-order chi connectivity index (χ0) is 13.4. The Morgan fingerprint density at radius 3 is 2.56 bits per heavy atom. The lowest BCUT2D eigenvalue weighted by Crippen LogP contribution is -2.47. The minimum atomic E-state index is -1.01. The fraction of sp³-hybridized carbons (Fsp3) is 0.923. The molecule has 2 heterocycles. The molecule has 5 heteroatoms. The van der Waals surface area contributed by atoms with Gasteiger partial charge in [0.15, 0.2) is 5.78 Å². The molecule has 0 radical (unpaired) electrons. The number of nitroso groups, excluding NO2 is 1. The van der Waals surface area contributed by atoms with Gasteiger partial charge in [-0.05, 0) is 33.2 Å². The van der Waals surface area contributed by atoms with Crippen LogP contribution in [0.3, 0.4) is 0 Å². The van der Waals surface area contributed by atoms with Gasteiger partial charge in [0.1, 0.15) is 11.6 Å². The molecule has 0 saturated carbocycles. The van der Waals surface area contributed by atoms with Crippen molar-refractivity contribution in [2.75, 3.05) is 20.1 Å². The molecule has 0 aliphatic carbocycles. The predicted octanol–water partition coefficient (Wildman–Crippen LogP) is 1.74. The van der Waals surface area contributed by atoms with Crippen molar-refractivity contribution in [3.8, 4) is 0 Å². The minimum absolute atomic E-state index is 0.0403. The lowest BCUT2D eigenvalue weighted by atomic mass is 9.85. The van der Waals surface area contributed by atoms with Crippen molar-refractivity contribution < 1.29 is 9.53 Å². The number of ketones is 1. The topological polar surface area (TPSA) is 59.0 Å². The van der Waals surface area contributed by atoms with Crippen molar-refractivity contribution in [1.29, 1.82) is 0 Å². The molecule has 2 aliphatic heterocycles. The van der Waals surface area contributed by atoms with E-state index >= 15 is 0 Å². The van der Waals surface area contributed by atoms with E-state index in [1.807, 2.05) is 6.92 Å². The van der Waals surface area contributed by atoms with E-state index in [-0.39, 0.29) is 11.4 Å². The van der Waals surface area contributed by atoms with Crippen molar-refractivity contribution in [2.45, 2.75) is 56.8 Å². The monoisotopic (exact) mass is 254 g/mol. The van der Waals surface area contributed by atoms with Gasteiger partial charge in [0.25, 0.3) is 0 Å². The summed E-state index contributed by atoms with van der Waals surface area (Å²) in [6.45, 7) is 5.48. The molecule has 18 heavy (non-hydrogen) atoms. The first-order chi connectivity index (χ1) is 8.46. The number of carbonyl (C=O) groups excluding carboxylic acids is 1. The lowest BCUT2D eigenvalue weighted by Gasteiger charge is -2.39. The third kappa shape index (κ3) is 2.10. The van der Waals surface area contributed by atoms with Crippen LogP contribution in [0.2, 0.25) is 0 Å². The van der Waals surface area contributed by atoms with Gasteiger partial charge in [-0.1, -0.05) is 12.1 Å². The summed E-state index contributed by atoms with van der Waals surface area (Å²) in [4.78, 5) is 25.4. The van der Waals surface area contributed by atoms with Crippen LogP contribution >= 0.6 is 0 Å². The molecule has 2 unspecified atom stereocenters. The van der Waals surface area contributed by atoms with Crippen LogP contribution in [0.1, 0.15) is 39.5 Å². The highest BCUT2D eigenvalue weighted by molar-refractivity contribution is 5.90. The van der Waals surface area contributed by atoms with E-state index < -0.39 is 11.6 Å². The smallest absolute Gasteiger partial charge is 0.169 e. The van der Waals surface area contributed by atoms with Gasteiger partial charge < -0.3 is 9.64 Å². The second-order valence-corrected chi connectivity index (χ2v) is 5.82. The van der Waals surface area contributed by atoms with Crippen molar-refractivity contribution in [3.05, 3.63) is 4.91 Å². The summed E-state index contributed by atoms with van der Waals surface area (Å²) in [5.41, 5.74) is -1.36. The summed E-state index contributed by atoms with van der Waals surface area (Å²) in [6.07, 6.45) is 2.70. The van der Waals surface area contributed by atoms with E-state index in [4.69, 9.17) is 4.74 Å². The summed E-state index contributed by atoms with van der Waals surface area (Å²) >= 11 is 0. The van der Waals surface area contributed by atoms with E-state index in [9.17, 15) is 9.70 Å². The number of Topliss-reactive ketones (excluding diaryl/α,β-unsaturated/α-hetero) is 1. The van der Waals surface area contributed by atoms with E-state index in [2.05, 4.69) is 17.1 Å². The third-order valence-corrected chi connectivity index (χ3v) is 4.51. The normalized spacial score (nSPS) is 33.8. The number of hydrogen-bond donors (Lipinski definition) is 0. The zero-order valence-electron chi connectivity index (χ0n) is 11.4.